The van der Waals surface area contributed by atoms with E-state index in [0.717, 1.165) is 54.3 Å². The highest BCUT2D eigenvalue weighted by atomic mass is 16.7. The lowest BCUT2D eigenvalue weighted by Gasteiger charge is -2.38. The van der Waals surface area contributed by atoms with Crippen LogP contribution in [0.3, 0.4) is 0 Å². The Morgan fingerprint density at radius 3 is 2.88 bits per heavy atom. The number of amides is 1. The Bertz CT molecular complexity index is 1130. The maximum absolute atomic E-state index is 12.3. The van der Waals surface area contributed by atoms with Crippen molar-refractivity contribution in [3.05, 3.63) is 59.9 Å². The van der Waals surface area contributed by atoms with Crippen molar-refractivity contribution in [2.24, 2.45) is 5.73 Å². The quantitative estimate of drug-likeness (QED) is 0.608. The zero-order valence-corrected chi connectivity index (χ0v) is 18.0. The minimum absolute atomic E-state index is 0.196. The van der Waals surface area contributed by atoms with Gasteiger partial charge in [0.25, 0.3) is 0 Å². The van der Waals surface area contributed by atoms with E-state index in [4.69, 9.17) is 20.2 Å². The molecule has 1 unspecified atom stereocenters. The second-order valence-corrected chi connectivity index (χ2v) is 8.26. The van der Waals surface area contributed by atoms with Gasteiger partial charge < -0.3 is 15.2 Å². The molecule has 0 saturated carbocycles. The van der Waals surface area contributed by atoms with Crippen molar-refractivity contribution in [2.45, 2.75) is 44.7 Å². The summed E-state index contributed by atoms with van der Waals surface area (Å²) in [7, 11) is 0. The molecular formula is C23H26N6O3. The number of imidazole rings is 1. The van der Waals surface area contributed by atoms with E-state index in [1.165, 1.54) is 0 Å². The SMILES string of the molecule is CCc1cc(C2(CC(N)=O)CCCN2Cc2ccc3c(c2)OCO3)nc(-n2ccnc2)n1. The molecule has 5 rings (SSSR count). The fourth-order valence-corrected chi connectivity index (χ4v) is 4.69. The molecule has 2 aliphatic heterocycles. The number of carbonyl (C=O) groups is 1. The van der Waals surface area contributed by atoms with E-state index in [9.17, 15) is 4.79 Å². The number of benzene rings is 1. The number of aryl methyl sites for hydroxylation is 1. The van der Waals surface area contributed by atoms with Crippen LogP contribution < -0.4 is 15.2 Å². The van der Waals surface area contributed by atoms with Crippen molar-refractivity contribution in [2.75, 3.05) is 13.3 Å². The van der Waals surface area contributed by atoms with Crippen LogP contribution >= 0.6 is 0 Å². The first kappa shape index (κ1) is 20.4. The molecule has 166 valence electrons. The molecule has 0 bridgehead atoms. The van der Waals surface area contributed by atoms with Gasteiger partial charge in [-0.25, -0.2) is 15.0 Å². The average Bonchev–Trinajstić information content (AvgIpc) is 3.55. The summed E-state index contributed by atoms with van der Waals surface area (Å²) in [6.07, 6.45) is 7.89. The molecule has 2 aromatic heterocycles. The van der Waals surface area contributed by atoms with Crippen molar-refractivity contribution >= 4 is 5.91 Å². The number of fused-ring (bicyclic) bond motifs is 1. The Kier molecular flexibility index (Phi) is 5.26. The summed E-state index contributed by atoms with van der Waals surface area (Å²) in [5.74, 6) is 1.71. The van der Waals surface area contributed by atoms with Gasteiger partial charge >= 0.3 is 0 Å². The predicted molar refractivity (Wildman–Crippen MR) is 116 cm³/mol. The zero-order valence-electron chi connectivity index (χ0n) is 18.0. The van der Waals surface area contributed by atoms with Gasteiger partial charge in [-0.3, -0.25) is 14.3 Å². The highest BCUT2D eigenvalue weighted by molar-refractivity contribution is 5.75. The topological polar surface area (TPSA) is 108 Å². The minimum atomic E-state index is -0.593. The summed E-state index contributed by atoms with van der Waals surface area (Å²) in [5, 5.41) is 0. The highest BCUT2D eigenvalue weighted by Crippen LogP contribution is 2.43. The maximum Gasteiger partial charge on any atom is 0.235 e. The van der Waals surface area contributed by atoms with Crippen LogP contribution in [0, 0.1) is 0 Å². The van der Waals surface area contributed by atoms with E-state index in [1.54, 1.807) is 17.1 Å². The number of rotatable bonds is 7. The number of likely N-dealkylation sites (tertiary alicyclic amines) is 1. The molecule has 9 nitrogen and oxygen atoms in total. The fourth-order valence-electron chi connectivity index (χ4n) is 4.69. The Balaban J connectivity index is 1.55. The summed E-state index contributed by atoms with van der Waals surface area (Å²) >= 11 is 0. The molecule has 1 amide bonds. The first-order valence-electron chi connectivity index (χ1n) is 10.9. The van der Waals surface area contributed by atoms with E-state index in [1.807, 2.05) is 30.5 Å². The van der Waals surface area contributed by atoms with Crippen LogP contribution in [0.5, 0.6) is 11.5 Å². The molecule has 2 aliphatic rings. The third kappa shape index (κ3) is 3.69. The van der Waals surface area contributed by atoms with Gasteiger partial charge in [-0.15, -0.1) is 0 Å². The van der Waals surface area contributed by atoms with Gasteiger partial charge in [0.15, 0.2) is 11.5 Å². The van der Waals surface area contributed by atoms with E-state index in [2.05, 4.69) is 21.8 Å². The van der Waals surface area contributed by atoms with Crippen LogP contribution in [0.25, 0.3) is 5.95 Å². The lowest BCUT2D eigenvalue weighted by molar-refractivity contribution is -0.121. The number of aromatic nitrogens is 4. The molecule has 0 aliphatic carbocycles. The molecule has 1 fully saturated rings. The second kappa shape index (κ2) is 8.23. The smallest absolute Gasteiger partial charge is 0.235 e. The lowest BCUT2D eigenvalue weighted by atomic mass is 9.86. The standard InChI is InChI=1S/C23H26N6O3/c1-2-17-11-20(27-22(26-17)28-9-7-25-14-28)23(12-21(24)30)6-3-8-29(23)13-16-4-5-18-19(10-16)32-15-31-18/h4-5,7,9-11,14H,2-3,6,8,12-13,15H2,1H3,(H2,24,30). The summed E-state index contributed by atoms with van der Waals surface area (Å²) in [4.78, 5) is 28.3. The molecule has 32 heavy (non-hydrogen) atoms. The number of primary amides is 1. The van der Waals surface area contributed by atoms with Gasteiger partial charge in [0.1, 0.15) is 6.33 Å². The van der Waals surface area contributed by atoms with Gasteiger partial charge in [-0.05, 0) is 49.6 Å². The lowest BCUT2D eigenvalue weighted by Crippen LogP contribution is -2.44. The summed E-state index contributed by atoms with van der Waals surface area (Å²) in [5.41, 5.74) is 8.00. The molecule has 1 aromatic carbocycles. The van der Waals surface area contributed by atoms with Gasteiger partial charge in [-0.2, -0.15) is 0 Å². The molecule has 4 heterocycles. The van der Waals surface area contributed by atoms with Crippen LogP contribution in [0.4, 0.5) is 0 Å². The normalized spacial score (nSPS) is 20.0. The van der Waals surface area contributed by atoms with Crippen molar-refractivity contribution in [3.8, 4) is 17.4 Å². The highest BCUT2D eigenvalue weighted by Gasteiger charge is 2.45. The monoisotopic (exact) mass is 434 g/mol. The second-order valence-electron chi connectivity index (χ2n) is 8.26. The van der Waals surface area contributed by atoms with Gasteiger partial charge in [0, 0.05) is 24.6 Å². The summed E-state index contributed by atoms with van der Waals surface area (Å²) < 4.78 is 12.8. The Morgan fingerprint density at radius 1 is 1.22 bits per heavy atom. The number of nitrogens with zero attached hydrogens (tertiary/aromatic N) is 5. The van der Waals surface area contributed by atoms with Crippen molar-refractivity contribution in [3.63, 3.8) is 0 Å². The predicted octanol–water partition coefficient (Wildman–Crippen LogP) is 2.32. The molecule has 1 saturated heterocycles. The van der Waals surface area contributed by atoms with Crippen molar-refractivity contribution < 1.29 is 14.3 Å². The molecule has 1 atom stereocenters. The molecule has 3 aromatic rings. The maximum atomic E-state index is 12.3. The van der Waals surface area contributed by atoms with E-state index in [-0.39, 0.29) is 19.1 Å². The summed E-state index contributed by atoms with van der Waals surface area (Å²) in [6.45, 7) is 3.79. The summed E-state index contributed by atoms with van der Waals surface area (Å²) in [6, 6.07) is 7.99. The van der Waals surface area contributed by atoms with Crippen LogP contribution in [-0.4, -0.2) is 43.7 Å². The van der Waals surface area contributed by atoms with Crippen LogP contribution in [0.1, 0.15) is 43.1 Å². The van der Waals surface area contributed by atoms with Crippen LogP contribution in [0.15, 0.2) is 43.0 Å². The fraction of sp³-hybridized carbons (Fsp3) is 0.391. The molecule has 0 radical (unpaired) electrons. The van der Waals surface area contributed by atoms with Crippen molar-refractivity contribution in [1.82, 2.24) is 24.4 Å². The molecular weight excluding hydrogens is 408 g/mol. The minimum Gasteiger partial charge on any atom is -0.454 e. The van der Waals surface area contributed by atoms with Gasteiger partial charge in [0.2, 0.25) is 18.6 Å². The Labute approximate surface area is 186 Å². The third-order valence-electron chi connectivity index (χ3n) is 6.24. The third-order valence-corrected chi connectivity index (χ3v) is 6.24. The average molecular weight is 435 g/mol. The Morgan fingerprint density at radius 2 is 2.09 bits per heavy atom. The largest absolute Gasteiger partial charge is 0.454 e. The van der Waals surface area contributed by atoms with Gasteiger partial charge in [0.05, 0.1) is 17.7 Å². The number of hydrogen-bond donors (Lipinski definition) is 1. The van der Waals surface area contributed by atoms with Crippen molar-refractivity contribution in [1.29, 1.82) is 0 Å². The number of ether oxygens (including phenoxy) is 2. The van der Waals surface area contributed by atoms with E-state index in [0.29, 0.717) is 12.5 Å². The molecule has 2 N–H and O–H groups in total. The first-order valence-corrected chi connectivity index (χ1v) is 10.9. The molecule has 0 spiro atoms. The number of carbonyl (C=O) groups excluding carboxylic acids is 1. The molecule has 9 heteroatoms. The first-order chi connectivity index (χ1) is 15.6. The van der Waals surface area contributed by atoms with Crippen LogP contribution in [-0.2, 0) is 23.3 Å². The van der Waals surface area contributed by atoms with Gasteiger partial charge in [-0.1, -0.05) is 13.0 Å². The van der Waals surface area contributed by atoms with E-state index < -0.39 is 5.54 Å². The van der Waals surface area contributed by atoms with E-state index >= 15 is 0 Å². The Hall–Kier alpha value is -3.46. The van der Waals surface area contributed by atoms with Crippen LogP contribution in [0.2, 0.25) is 0 Å². The number of hydrogen-bond acceptors (Lipinski definition) is 7. The zero-order chi connectivity index (χ0) is 22.1. The number of nitrogens with two attached hydrogens (primary N) is 1.